The molecule has 0 atom stereocenters. The zero-order valence-corrected chi connectivity index (χ0v) is 10.9. The van der Waals surface area contributed by atoms with E-state index in [4.69, 9.17) is 5.26 Å². The van der Waals surface area contributed by atoms with Crippen molar-refractivity contribution < 1.29 is 8.42 Å². The molecular formula is C12H16N2O2S. The van der Waals surface area contributed by atoms with Crippen LogP contribution in [0.25, 0.3) is 0 Å². The van der Waals surface area contributed by atoms with E-state index in [-0.39, 0.29) is 5.75 Å². The van der Waals surface area contributed by atoms with Gasteiger partial charge in [-0.2, -0.15) is 5.26 Å². The Morgan fingerprint density at radius 3 is 2.35 bits per heavy atom. The molecule has 0 aromatic heterocycles. The quantitative estimate of drug-likeness (QED) is 0.801. The van der Waals surface area contributed by atoms with Gasteiger partial charge in [0, 0.05) is 13.1 Å². The van der Waals surface area contributed by atoms with E-state index < -0.39 is 10.0 Å². The standard InChI is InChI=1S/C12H16N2O2S/c1-3-14(4-2)17(15,16)10-12-8-6-5-7-11(12)9-13/h5-8H,3-4,10H2,1-2H3. The van der Waals surface area contributed by atoms with Crippen LogP contribution in [-0.2, 0) is 15.8 Å². The minimum absolute atomic E-state index is 0.113. The van der Waals surface area contributed by atoms with Crippen molar-refractivity contribution in [3.63, 3.8) is 0 Å². The molecule has 0 aliphatic rings. The minimum Gasteiger partial charge on any atom is -0.212 e. The molecule has 0 aliphatic carbocycles. The molecule has 0 amide bonds. The zero-order valence-electron chi connectivity index (χ0n) is 10.0. The molecule has 0 bridgehead atoms. The molecule has 0 N–H and O–H groups in total. The Morgan fingerprint density at radius 1 is 1.24 bits per heavy atom. The lowest BCUT2D eigenvalue weighted by Crippen LogP contribution is -2.31. The monoisotopic (exact) mass is 252 g/mol. The Hall–Kier alpha value is -1.38. The van der Waals surface area contributed by atoms with Crippen molar-refractivity contribution in [1.29, 1.82) is 5.26 Å². The average molecular weight is 252 g/mol. The number of nitrogens with zero attached hydrogens (tertiary/aromatic N) is 2. The third-order valence-electron chi connectivity index (χ3n) is 2.57. The van der Waals surface area contributed by atoms with Crippen LogP contribution < -0.4 is 0 Å². The molecule has 5 heteroatoms. The molecule has 1 aromatic rings. The highest BCUT2D eigenvalue weighted by atomic mass is 32.2. The van der Waals surface area contributed by atoms with Crippen molar-refractivity contribution in [2.45, 2.75) is 19.6 Å². The largest absolute Gasteiger partial charge is 0.218 e. The number of hydrogen-bond donors (Lipinski definition) is 0. The first-order valence-electron chi connectivity index (χ1n) is 5.51. The average Bonchev–Trinajstić information content (AvgIpc) is 2.30. The van der Waals surface area contributed by atoms with E-state index in [9.17, 15) is 8.42 Å². The second-order valence-electron chi connectivity index (χ2n) is 3.61. The van der Waals surface area contributed by atoms with Gasteiger partial charge in [-0.05, 0) is 11.6 Å². The number of benzene rings is 1. The first kappa shape index (κ1) is 13.7. The highest BCUT2D eigenvalue weighted by molar-refractivity contribution is 7.88. The van der Waals surface area contributed by atoms with E-state index in [1.807, 2.05) is 6.07 Å². The first-order valence-corrected chi connectivity index (χ1v) is 7.11. The molecule has 0 saturated heterocycles. The van der Waals surface area contributed by atoms with E-state index in [1.54, 1.807) is 38.1 Å². The van der Waals surface area contributed by atoms with Crippen LogP contribution in [0.1, 0.15) is 25.0 Å². The molecule has 0 radical (unpaired) electrons. The highest BCUT2D eigenvalue weighted by Crippen LogP contribution is 2.14. The minimum atomic E-state index is -3.33. The fraction of sp³-hybridized carbons (Fsp3) is 0.417. The number of hydrogen-bond acceptors (Lipinski definition) is 3. The molecule has 4 nitrogen and oxygen atoms in total. The summed E-state index contributed by atoms with van der Waals surface area (Å²) >= 11 is 0. The van der Waals surface area contributed by atoms with Gasteiger partial charge in [0.2, 0.25) is 10.0 Å². The van der Waals surface area contributed by atoms with Crippen LogP contribution in [0.2, 0.25) is 0 Å². The van der Waals surface area contributed by atoms with Gasteiger partial charge in [-0.1, -0.05) is 32.0 Å². The summed E-state index contributed by atoms with van der Waals surface area (Å²) in [7, 11) is -3.33. The smallest absolute Gasteiger partial charge is 0.212 e. The SMILES string of the molecule is CCN(CC)S(=O)(=O)Cc1ccccc1C#N. The molecular weight excluding hydrogens is 236 g/mol. The zero-order chi connectivity index (χ0) is 12.9. The fourth-order valence-electron chi connectivity index (χ4n) is 1.66. The summed E-state index contributed by atoms with van der Waals surface area (Å²) in [5, 5.41) is 8.91. The van der Waals surface area contributed by atoms with Crippen LogP contribution >= 0.6 is 0 Å². The van der Waals surface area contributed by atoms with Gasteiger partial charge < -0.3 is 0 Å². The van der Waals surface area contributed by atoms with Crippen LogP contribution in [0, 0.1) is 11.3 Å². The van der Waals surface area contributed by atoms with Crippen LogP contribution in [0.4, 0.5) is 0 Å². The summed E-state index contributed by atoms with van der Waals surface area (Å²) in [6.07, 6.45) is 0. The summed E-state index contributed by atoms with van der Waals surface area (Å²) in [6, 6.07) is 8.79. The number of nitriles is 1. The lowest BCUT2D eigenvalue weighted by Gasteiger charge is -2.18. The molecule has 0 unspecified atom stereocenters. The molecule has 0 saturated carbocycles. The lowest BCUT2D eigenvalue weighted by atomic mass is 10.1. The lowest BCUT2D eigenvalue weighted by molar-refractivity contribution is 0.444. The summed E-state index contributed by atoms with van der Waals surface area (Å²) in [4.78, 5) is 0. The summed E-state index contributed by atoms with van der Waals surface area (Å²) < 4.78 is 25.5. The van der Waals surface area contributed by atoms with Crippen LogP contribution in [0.3, 0.4) is 0 Å². The molecule has 0 spiro atoms. The Bertz CT molecular complexity index is 514. The molecule has 1 aromatic carbocycles. The van der Waals surface area contributed by atoms with Gasteiger partial charge in [-0.3, -0.25) is 0 Å². The Labute approximate surface area is 103 Å². The first-order chi connectivity index (χ1) is 8.05. The van der Waals surface area contributed by atoms with Gasteiger partial charge in [-0.25, -0.2) is 12.7 Å². The van der Waals surface area contributed by atoms with Gasteiger partial charge in [0.05, 0.1) is 17.4 Å². The van der Waals surface area contributed by atoms with Crippen molar-refractivity contribution in [3.05, 3.63) is 35.4 Å². The number of sulfonamides is 1. The maximum absolute atomic E-state index is 12.0. The van der Waals surface area contributed by atoms with Gasteiger partial charge in [0.1, 0.15) is 0 Å². The van der Waals surface area contributed by atoms with Crippen molar-refractivity contribution in [1.82, 2.24) is 4.31 Å². The van der Waals surface area contributed by atoms with Crippen molar-refractivity contribution in [2.75, 3.05) is 13.1 Å². The second kappa shape index (κ2) is 5.80. The number of rotatable bonds is 5. The summed E-state index contributed by atoms with van der Waals surface area (Å²) in [5.41, 5.74) is 0.977. The van der Waals surface area contributed by atoms with Gasteiger partial charge in [0.15, 0.2) is 0 Å². The summed E-state index contributed by atoms with van der Waals surface area (Å²) in [5.74, 6) is -0.113. The Balaban J connectivity index is 3.03. The van der Waals surface area contributed by atoms with Crippen molar-refractivity contribution >= 4 is 10.0 Å². The fourth-order valence-corrected chi connectivity index (χ4v) is 3.27. The predicted molar refractivity (Wildman–Crippen MR) is 66.7 cm³/mol. The molecule has 0 aliphatic heterocycles. The van der Waals surface area contributed by atoms with Crippen LogP contribution in [0.15, 0.2) is 24.3 Å². The molecule has 1 rings (SSSR count). The Morgan fingerprint density at radius 2 is 1.82 bits per heavy atom. The maximum Gasteiger partial charge on any atom is 0.218 e. The van der Waals surface area contributed by atoms with Crippen LogP contribution in [-0.4, -0.2) is 25.8 Å². The van der Waals surface area contributed by atoms with E-state index in [0.29, 0.717) is 24.2 Å². The van der Waals surface area contributed by atoms with Gasteiger partial charge in [0.25, 0.3) is 0 Å². The molecule has 0 fully saturated rings. The van der Waals surface area contributed by atoms with E-state index >= 15 is 0 Å². The third kappa shape index (κ3) is 3.29. The molecule has 17 heavy (non-hydrogen) atoms. The van der Waals surface area contributed by atoms with Crippen molar-refractivity contribution in [2.24, 2.45) is 0 Å². The van der Waals surface area contributed by atoms with E-state index in [2.05, 4.69) is 0 Å². The molecule has 0 heterocycles. The van der Waals surface area contributed by atoms with E-state index in [0.717, 1.165) is 0 Å². The highest BCUT2D eigenvalue weighted by Gasteiger charge is 2.20. The van der Waals surface area contributed by atoms with Gasteiger partial charge in [-0.15, -0.1) is 0 Å². The maximum atomic E-state index is 12.0. The summed E-state index contributed by atoms with van der Waals surface area (Å²) in [6.45, 7) is 4.51. The predicted octanol–water partition coefficient (Wildman–Crippen LogP) is 1.73. The molecule has 92 valence electrons. The normalized spacial score (nSPS) is 11.4. The second-order valence-corrected chi connectivity index (χ2v) is 5.58. The Kier molecular flexibility index (Phi) is 4.67. The van der Waals surface area contributed by atoms with Gasteiger partial charge >= 0.3 is 0 Å². The van der Waals surface area contributed by atoms with Crippen molar-refractivity contribution in [3.8, 4) is 6.07 Å². The van der Waals surface area contributed by atoms with E-state index in [1.165, 1.54) is 4.31 Å². The third-order valence-corrected chi connectivity index (χ3v) is 4.55. The van der Waals surface area contributed by atoms with Crippen LogP contribution in [0.5, 0.6) is 0 Å². The topological polar surface area (TPSA) is 61.2 Å².